The van der Waals surface area contributed by atoms with Crippen LogP contribution in [0.15, 0.2) is 0 Å². The van der Waals surface area contributed by atoms with E-state index in [2.05, 4.69) is 4.90 Å². The molecule has 2 saturated heterocycles. The number of nitrogens with zero attached hydrogens (tertiary/aromatic N) is 1. The molecule has 5 nitrogen and oxygen atoms in total. The molecule has 0 aromatic rings. The molecule has 3 fully saturated rings. The highest BCUT2D eigenvalue weighted by atomic mass is 16.7. The van der Waals surface area contributed by atoms with Gasteiger partial charge in [-0.1, -0.05) is 0 Å². The summed E-state index contributed by atoms with van der Waals surface area (Å²) < 4.78 is 17.5. The van der Waals surface area contributed by atoms with Crippen LogP contribution >= 0.6 is 0 Å². The fraction of sp³-hybridized carbons (Fsp3) is 1.00. The van der Waals surface area contributed by atoms with E-state index in [1.165, 1.54) is 38.8 Å². The average molecular weight is 298 g/mol. The average Bonchev–Trinajstić information content (AvgIpc) is 2.97. The van der Waals surface area contributed by atoms with Gasteiger partial charge in [0, 0.05) is 38.6 Å². The van der Waals surface area contributed by atoms with Crippen molar-refractivity contribution in [2.75, 3.05) is 39.5 Å². The van der Waals surface area contributed by atoms with Gasteiger partial charge in [0.05, 0.1) is 19.3 Å². The second-order valence-corrected chi connectivity index (χ2v) is 6.59. The first-order chi connectivity index (χ1) is 10.3. The van der Waals surface area contributed by atoms with E-state index in [1.54, 1.807) is 0 Å². The van der Waals surface area contributed by atoms with Gasteiger partial charge in [0.15, 0.2) is 5.79 Å². The van der Waals surface area contributed by atoms with Crippen LogP contribution < -0.4 is 5.73 Å². The monoisotopic (exact) mass is 298 g/mol. The molecule has 0 radical (unpaired) electrons. The van der Waals surface area contributed by atoms with E-state index in [0.717, 1.165) is 45.6 Å². The molecule has 21 heavy (non-hydrogen) atoms. The van der Waals surface area contributed by atoms with Crippen LogP contribution in [0.2, 0.25) is 0 Å². The largest absolute Gasteiger partial charge is 0.378 e. The van der Waals surface area contributed by atoms with Gasteiger partial charge in [0.25, 0.3) is 0 Å². The van der Waals surface area contributed by atoms with Crippen molar-refractivity contribution >= 4 is 0 Å². The minimum atomic E-state index is -0.222. The van der Waals surface area contributed by atoms with Crippen molar-refractivity contribution in [1.29, 1.82) is 0 Å². The van der Waals surface area contributed by atoms with Gasteiger partial charge in [0.1, 0.15) is 0 Å². The number of piperidine rings is 1. The van der Waals surface area contributed by atoms with Crippen molar-refractivity contribution in [3.8, 4) is 0 Å². The van der Waals surface area contributed by atoms with E-state index in [9.17, 15) is 0 Å². The lowest BCUT2D eigenvalue weighted by Crippen LogP contribution is -2.48. The maximum absolute atomic E-state index is 5.89. The second-order valence-electron chi connectivity index (χ2n) is 6.59. The third kappa shape index (κ3) is 3.96. The number of hydrogen-bond acceptors (Lipinski definition) is 5. The standard InChI is InChI=1S/C16H30N2O3/c17-8-1-11-19-15-4-9-18(10-5-15)14-2-6-16(7-3-14)20-12-13-21-16/h14-15H,1-13,17H2. The molecule has 1 saturated carbocycles. The maximum Gasteiger partial charge on any atom is 0.168 e. The summed E-state index contributed by atoms with van der Waals surface area (Å²) in [6, 6.07) is 0.716. The van der Waals surface area contributed by atoms with E-state index < -0.39 is 0 Å². The second kappa shape index (κ2) is 7.38. The molecule has 2 N–H and O–H groups in total. The summed E-state index contributed by atoms with van der Waals surface area (Å²) in [4.78, 5) is 2.66. The van der Waals surface area contributed by atoms with Crippen molar-refractivity contribution in [2.24, 2.45) is 5.73 Å². The number of rotatable bonds is 5. The lowest BCUT2D eigenvalue weighted by atomic mass is 9.88. The Morgan fingerprint density at radius 3 is 2.33 bits per heavy atom. The molecule has 122 valence electrons. The molecule has 1 spiro atoms. The number of ether oxygens (including phenoxy) is 3. The van der Waals surface area contributed by atoms with Gasteiger partial charge in [0.2, 0.25) is 0 Å². The summed E-state index contributed by atoms with van der Waals surface area (Å²) in [6.07, 6.45) is 8.29. The molecule has 3 aliphatic rings. The van der Waals surface area contributed by atoms with Gasteiger partial charge in [-0.25, -0.2) is 0 Å². The van der Waals surface area contributed by atoms with E-state index in [4.69, 9.17) is 19.9 Å². The number of nitrogens with two attached hydrogens (primary N) is 1. The van der Waals surface area contributed by atoms with Crippen LogP contribution in [0.3, 0.4) is 0 Å². The molecule has 5 heteroatoms. The highest BCUT2D eigenvalue weighted by Crippen LogP contribution is 2.37. The van der Waals surface area contributed by atoms with Crippen LogP contribution in [0.5, 0.6) is 0 Å². The maximum atomic E-state index is 5.89. The predicted molar refractivity (Wildman–Crippen MR) is 81.1 cm³/mol. The van der Waals surface area contributed by atoms with Gasteiger partial charge in [-0.15, -0.1) is 0 Å². The molecule has 0 aromatic carbocycles. The molecule has 3 rings (SSSR count). The molecule has 0 unspecified atom stereocenters. The van der Waals surface area contributed by atoms with Crippen LogP contribution in [0.25, 0.3) is 0 Å². The molecule has 1 aliphatic carbocycles. The topological polar surface area (TPSA) is 57.0 Å². The molecule has 2 aliphatic heterocycles. The minimum absolute atomic E-state index is 0.222. The van der Waals surface area contributed by atoms with E-state index in [-0.39, 0.29) is 5.79 Å². The van der Waals surface area contributed by atoms with Crippen LogP contribution in [0.1, 0.15) is 44.9 Å². The number of likely N-dealkylation sites (tertiary alicyclic amines) is 1. The van der Waals surface area contributed by atoms with Crippen LogP contribution in [-0.2, 0) is 14.2 Å². The predicted octanol–water partition coefficient (Wildman–Crippen LogP) is 1.50. The van der Waals surface area contributed by atoms with Crippen LogP contribution in [0, 0.1) is 0 Å². The van der Waals surface area contributed by atoms with Crippen molar-refractivity contribution in [3.05, 3.63) is 0 Å². The Labute approximate surface area is 128 Å². The van der Waals surface area contributed by atoms with Crippen molar-refractivity contribution in [3.63, 3.8) is 0 Å². The summed E-state index contributed by atoms with van der Waals surface area (Å²) in [5.74, 6) is -0.222. The summed E-state index contributed by atoms with van der Waals surface area (Å²) in [5, 5.41) is 0. The fourth-order valence-corrected chi connectivity index (χ4v) is 3.93. The lowest BCUT2D eigenvalue weighted by molar-refractivity contribution is -0.185. The first kappa shape index (κ1) is 15.7. The Morgan fingerprint density at radius 2 is 1.71 bits per heavy atom. The Kier molecular flexibility index (Phi) is 5.51. The summed E-state index contributed by atoms with van der Waals surface area (Å²) in [7, 11) is 0. The van der Waals surface area contributed by atoms with Crippen molar-refractivity contribution in [2.45, 2.75) is 62.9 Å². The first-order valence-corrected chi connectivity index (χ1v) is 8.65. The van der Waals surface area contributed by atoms with Gasteiger partial charge in [-0.05, 0) is 38.6 Å². The highest BCUT2D eigenvalue weighted by molar-refractivity contribution is 4.88. The molecule has 2 heterocycles. The van der Waals surface area contributed by atoms with Gasteiger partial charge in [-0.3, -0.25) is 0 Å². The van der Waals surface area contributed by atoms with E-state index in [1.807, 2.05) is 0 Å². The molecule has 0 amide bonds. The van der Waals surface area contributed by atoms with Crippen LogP contribution in [0.4, 0.5) is 0 Å². The quantitative estimate of drug-likeness (QED) is 0.780. The lowest BCUT2D eigenvalue weighted by Gasteiger charge is -2.43. The zero-order chi connectivity index (χ0) is 14.5. The van der Waals surface area contributed by atoms with Crippen molar-refractivity contribution < 1.29 is 14.2 Å². The number of hydrogen-bond donors (Lipinski definition) is 1. The summed E-state index contributed by atoms with van der Waals surface area (Å²) >= 11 is 0. The third-order valence-corrected chi connectivity index (χ3v) is 5.23. The molecule has 0 atom stereocenters. The van der Waals surface area contributed by atoms with E-state index >= 15 is 0 Å². The van der Waals surface area contributed by atoms with Gasteiger partial charge < -0.3 is 24.8 Å². The smallest absolute Gasteiger partial charge is 0.168 e. The summed E-state index contributed by atoms with van der Waals surface area (Å²) in [5.41, 5.74) is 5.50. The first-order valence-electron chi connectivity index (χ1n) is 8.65. The Morgan fingerprint density at radius 1 is 1.05 bits per heavy atom. The Bertz CT molecular complexity index is 303. The fourth-order valence-electron chi connectivity index (χ4n) is 3.93. The minimum Gasteiger partial charge on any atom is -0.378 e. The molecular formula is C16H30N2O3. The molecule has 0 bridgehead atoms. The Balaban J connectivity index is 1.37. The molecule has 0 aromatic heterocycles. The third-order valence-electron chi connectivity index (χ3n) is 5.23. The van der Waals surface area contributed by atoms with Crippen LogP contribution in [-0.4, -0.2) is 62.3 Å². The van der Waals surface area contributed by atoms with Gasteiger partial charge >= 0.3 is 0 Å². The SMILES string of the molecule is NCCCOC1CCN(C2CCC3(CC2)OCCO3)CC1. The zero-order valence-electron chi connectivity index (χ0n) is 13.1. The van der Waals surface area contributed by atoms with Crippen molar-refractivity contribution in [1.82, 2.24) is 4.90 Å². The Hall–Kier alpha value is -0.200. The van der Waals surface area contributed by atoms with E-state index in [0.29, 0.717) is 12.1 Å². The normalized spacial score (nSPS) is 28.4. The zero-order valence-corrected chi connectivity index (χ0v) is 13.1. The van der Waals surface area contributed by atoms with Gasteiger partial charge in [-0.2, -0.15) is 0 Å². The summed E-state index contributed by atoms with van der Waals surface area (Å²) in [6.45, 7) is 5.44. The highest BCUT2D eigenvalue weighted by Gasteiger charge is 2.41. The molecular weight excluding hydrogens is 268 g/mol.